The quantitative estimate of drug-likeness (QED) is 0.0934. The zero-order chi connectivity index (χ0) is 45.7. The van der Waals surface area contributed by atoms with Crippen molar-refractivity contribution in [3.63, 3.8) is 0 Å². The van der Waals surface area contributed by atoms with Crippen LogP contribution in [0.1, 0.15) is 25.2 Å². The fourth-order valence-corrected chi connectivity index (χ4v) is 8.35. The van der Waals surface area contributed by atoms with E-state index in [-0.39, 0.29) is 63.4 Å². The van der Waals surface area contributed by atoms with Gasteiger partial charge in [0.05, 0.1) is 61.1 Å². The first-order chi connectivity index (χ1) is 29.1. The van der Waals surface area contributed by atoms with Crippen molar-refractivity contribution in [2.24, 2.45) is 10.4 Å². The summed E-state index contributed by atoms with van der Waals surface area (Å²) in [6, 6.07) is 7.41. The molecule has 2 aliphatic rings. The summed E-state index contributed by atoms with van der Waals surface area (Å²) in [6.07, 6.45) is 5.62. The number of carbonyl (C=O) groups is 2. The van der Waals surface area contributed by atoms with Crippen LogP contribution in [0.15, 0.2) is 40.5 Å². The van der Waals surface area contributed by atoms with Crippen molar-refractivity contribution in [1.29, 1.82) is 0 Å². The van der Waals surface area contributed by atoms with Gasteiger partial charge in [0.1, 0.15) is 17.3 Å². The normalized spacial score (nSPS) is 14.4. The zero-order valence-corrected chi connectivity index (χ0v) is 37.3. The number of benzene rings is 2. The van der Waals surface area contributed by atoms with Crippen LogP contribution in [0.3, 0.4) is 0 Å². The van der Waals surface area contributed by atoms with E-state index in [4.69, 9.17) is 58.7 Å². The number of sulfonamides is 1. The third kappa shape index (κ3) is 11.5. The molecule has 0 radical (unpaired) electrons. The Balaban J connectivity index is 0.000000193. The lowest BCUT2D eigenvalue weighted by Gasteiger charge is -2.28. The van der Waals surface area contributed by atoms with Gasteiger partial charge in [-0.05, 0) is 30.0 Å². The number of nitrogens with one attached hydrogen (secondary N) is 2. The van der Waals surface area contributed by atoms with E-state index in [1.165, 1.54) is 54.9 Å². The lowest BCUT2D eigenvalue weighted by molar-refractivity contribution is -0.135. The topological polar surface area (TPSA) is 274 Å². The van der Waals surface area contributed by atoms with Gasteiger partial charge in [0.25, 0.3) is 26.9 Å². The molecule has 0 saturated carbocycles. The van der Waals surface area contributed by atoms with E-state index in [1.54, 1.807) is 13.0 Å². The van der Waals surface area contributed by atoms with Crippen LogP contribution in [0.2, 0.25) is 10.0 Å². The van der Waals surface area contributed by atoms with Crippen LogP contribution in [0.5, 0.6) is 17.5 Å². The molecule has 2 aromatic carbocycles. The summed E-state index contributed by atoms with van der Waals surface area (Å²) in [6.45, 7) is 6.34. The first kappa shape index (κ1) is 47.7. The number of anilines is 2. The Morgan fingerprint density at radius 3 is 2.56 bits per heavy atom. The Morgan fingerprint density at radius 1 is 1.19 bits per heavy atom. The van der Waals surface area contributed by atoms with Crippen LogP contribution in [-0.4, -0.2) is 104 Å². The number of aromatic nitrogens is 6. The third-order valence-corrected chi connectivity index (χ3v) is 11.8. The maximum atomic E-state index is 14.5. The van der Waals surface area contributed by atoms with Crippen molar-refractivity contribution in [1.82, 2.24) is 33.8 Å². The molecule has 3 aromatic heterocycles. The molecule has 5 N–H and O–H groups in total. The van der Waals surface area contributed by atoms with E-state index in [0.29, 0.717) is 21.8 Å². The van der Waals surface area contributed by atoms with Crippen LogP contribution in [0.25, 0.3) is 5.78 Å². The van der Waals surface area contributed by atoms with E-state index in [1.807, 2.05) is 4.57 Å². The Labute approximate surface area is 366 Å². The molecule has 27 heteroatoms. The van der Waals surface area contributed by atoms with Crippen molar-refractivity contribution in [2.75, 3.05) is 49.8 Å². The van der Waals surface area contributed by atoms with Gasteiger partial charge < -0.3 is 33.7 Å². The molecule has 7 rings (SSSR count). The second-order valence-electron chi connectivity index (χ2n) is 13.9. The molecular weight excluding hydrogens is 921 g/mol. The van der Waals surface area contributed by atoms with Crippen molar-refractivity contribution >= 4 is 87.1 Å². The molecule has 0 atom stereocenters. The predicted molar refractivity (Wildman–Crippen MR) is 224 cm³/mol. The van der Waals surface area contributed by atoms with Gasteiger partial charge in [-0.3, -0.25) is 29.1 Å². The second-order valence-corrected chi connectivity index (χ2v) is 18.7. The Morgan fingerprint density at radius 2 is 1.92 bits per heavy atom. The van der Waals surface area contributed by atoms with E-state index < -0.39 is 47.4 Å². The molecule has 0 aliphatic carbocycles. The van der Waals surface area contributed by atoms with Crippen molar-refractivity contribution < 1.29 is 56.1 Å². The molecule has 2 aliphatic heterocycles. The van der Waals surface area contributed by atoms with E-state index in [2.05, 4.69) is 54.2 Å². The zero-order valence-electron chi connectivity index (χ0n) is 33.3. The minimum Gasteiger partial charge on any atom is -0.481 e. The molecule has 5 aromatic rings. The molecule has 0 saturated heterocycles. The van der Waals surface area contributed by atoms with Crippen LogP contribution < -0.4 is 34.0 Å². The summed E-state index contributed by atoms with van der Waals surface area (Å²) in [5.41, 5.74) is 1.38. The number of hydrogen-bond acceptors (Lipinski definition) is 15. The number of carboxylic acid groups (broad SMARTS) is 1. The van der Waals surface area contributed by atoms with E-state index >= 15 is 0 Å². The maximum absolute atomic E-state index is 14.5. The van der Waals surface area contributed by atoms with Gasteiger partial charge in [-0.2, -0.15) is 27.3 Å². The number of aryl methyl sites for hydroxylation is 1. The van der Waals surface area contributed by atoms with Gasteiger partial charge in [-0.25, -0.2) is 9.38 Å². The van der Waals surface area contributed by atoms with Gasteiger partial charge in [-0.15, -0.1) is 11.5 Å². The smallest absolute Gasteiger partial charge is 0.339 e. The lowest BCUT2D eigenvalue weighted by atomic mass is 9.92. The highest BCUT2D eigenvalue weighted by atomic mass is 35.5. The molecule has 62 heavy (non-hydrogen) atoms. The molecule has 0 spiro atoms. The monoisotopic (exact) mass is 958 g/mol. The summed E-state index contributed by atoms with van der Waals surface area (Å²) in [4.78, 5) is 52.7. The van der Waals surface area contributed by atoms with E-state index in [9.17, 15) is 27.0 Å². The largest absolute Gasteiger partial charge is 0.481 e. The summed E-state index contributed by atoms with van der Waals surface area (Å²) in [5.74, 6) is 2.16. The fourth-order valence-electron chi connectivity index (χ4n) is 5.65. The minimum atomic E-state index is -4.18. The van der Waals surface area contributed by atoms with Crippen LogP contribution in [0, 0.1) is 30.5 Å². The Hall–Kier alpha value is -5.38. The Kier molecular flexibility index (Phi) is 14.9. The van der Waals surface area contributed by atoms with Gasteiger partial charge in [-0.1, -0.05) is 49.0 Å². The number of halogens is 3. The molecule has 0 fully saturated rings. The first-order valence-electron chi connectivity index (χ1n) is 17.7. The number of nitrogens with zero attached hydrogens (tertiary/aromatic N) is 8. The summed E-state index contributed by atoms with van der Waals surface area (Å²) in [7, 11) is -5.47. The fraction of sp³-hybridized carbons (Fsp3) is 0.343. The number of ether oxygens (including phenoxy) is 3. The number of terminal acetylenes is 1. The van der Waals surface area contributed by atoms with Gasteiger partial charge >= 0.3 is 13.6 Å². The number of carbonyl (C=O) groups excluding carboxylic acids is 1. The molecule has 0 bridgehead atoms. The summed E-state index contributed by atoms with van der Waals surface area (Å²) < 4.78 is 75.3. The van der Waals surface area contributed by atoms with Crippen LogP contribution in [-0.2, 0) is 37.1 Å². The molecule has 1 amide bonds. The van der Waals surface area contributed by atoms with Gasteiger partial charge in [0, 0.05) is 30.6 Å². The van der Waals surface area contributed by atoms with Crippen molar-refractivity contribution in [2.45, 2.75) is 38.9 Å². The van der Waals surface area contributed by atoms with Crippen LogP contribution >= 0.6 is 42.3 Å². The number of fused-ring (bicyclic) bond motifs is 3. The van der Waals surface area contributed by atoms with Crippen molar-refractivity contribution in [3.05, 3.63) is 62.4 Å². The lowest BCUT2D eigenvalue weighted by Crippen LogP contribution is -2.39. The highest BCUT2D eigenvalue weighted by Gasteiger charge is 2.32. The average Bonchev–Trinajstić information content (AvgIpc) is 3.88. The molecule has 5 heterocycles. The number of rotatable bonds is 11. The number of aliphatic carboxylic acids is 1. The molecule has 21 nitrogen and oxygen atoms in total. The SMILES string of the molecule is C#CCN1C(=O)COc2cc(F)c(/N=c3\snc4n3CC(C)(C)C4)cc21.COc1cc(OC)n2nc(S(=O)(=O)Nc3c(Cl)ccc(C)c3Cl)nc2n1.O=C(O)CNCP(=O)(O)O. The van der Waals surface area contributed by atoms with Crippen molar-refractivity contribution in [3.8, 4) is 29.9 Å². The minimum absolute atomic E-state index is 0.0111. The van der Waals surface area contributed by atoms with Gasteiger partial charge in [0.15, 0.2) is 12.4 Å². The summed E-state index contributed by atoms with van der Waals surface area (Å²) in [5, 5.41) is 13.8. The first-order valence-corrected chi connectivity index (χ1v) is 22.5. The third-order valence-electron chi connectivity index (χ3n) is 8.44. The standard InChI is InChI=1S/C18H17FN4O2S.C14H13Cl2N5O4S.C3H8NO5P/c1-4-5-22-13-7-12(11(19)6-14(13)25-9-16(22)24)20-17-23-10-18(2,3)8-15(23)21-26-17;1-7-4-5-8(15)12(11(7)16)20-26(22,23)14-18-13-17-9(24-2)6-10(25-3)21(13)19-14;5-3(6)1-4-2-10(7,8)9/h1,6-7H,5,8-10H2,2-3H3;4-6,20H,1-3H3;4H,1-2H2,(H,5,6)(H2,7,8,9)/b20-17-;;. The van der Waals surface area contributed by atoms with Crippen LogP contribution in [0.4, 0.5) is 21.5 Å². The number of carboxylic acids is 1. The second kappa shape index (κ2) is 19.3. The average molecular weight is 960 g/mol. The number of hydrogen-bond donors (Lipinski definition) is 5. The highest BCUT2D eigenvalue weighted by Crippen LogP contribution is 2.38. The molecular formula is C35H38Cl2FN10O11PS2. The number of amides is 1. The van der Waals surface area contributed by atoms with E-state index in [0.717, 1.165) is 23.3 Å². The molecule has 0 unspecified atom stereocenters. The predicted octanol–water partition coefficient (Wildman–Crippen LogP) is 3.61. The summed E-state index contributed by atoms with van der Waals surface area (Å²) >= 11 is 13.4. The maximum Gasteiger partial charge on any atom is 0.339 e. The Bertz CT molecular complexity index is 2810. The highest BCUT2D eigenvalue weighted by molar-refractivity contribution is 7.92. The van der Waals surface area contributed by atoms with Gasteiger partial charge in [0.2, 0.25) is 16.6 Å². The molecule has 332 valence electrons. The number of methoxy groups -OCH3 is 2.